The molecule has 138 valence electrons. The average molecular weight is 411 g/mol. The highest BCUT2D eigenvalue weighted by Gasteiger charge is 2.42. The number of likely N-dealkylation sites (tertiary alicyclic amines) is 1. The summed E-state index contributed by atoms with van der Waals surface area (Å²) in [5, 5.41) is 12.7. The van der Waals surface area contributed by atoms with Gasteiger partial charge in [0.05, 0.1) is 9.13 Å². The summed E-state index contributed by atoms with van der Waals surface area (Å²) >= 11 is 3.58. The standard InChI is InChI=1S/C18H18N2O3S2.ClH/c21-16-11-18(25-17-15(16)5-10-24-17)6-8-19(9-7-18)12-13-1-3-14(4-2-13)20(22)23;/h1-5,10H,6-9,11-12H2;1H. The predicted octanol–water partition coefficient (Wildman–Crippen LogP) is 4.79. The lowest BCUT2D eigenvalue weighted by molar-refractivity contribution is -0.384. The third-order valence-electron chi connectivity index (χ3n) is 5.04. The molecule has 0 N–H and O–H groups in total. The van der Waals surface area contributed by atoms with Crippen LogP contribution in [0.1, 0.15) is 35.2 Å². The van der Waals surface area contributed by atoms with Crippen LogP contribution in [0, 0.1) is 10.1 Å². The van der Waals surface area contributed by atoms with Crippen molar-refractivity contribution in [1.82, 2.24) is 4.90 Å². The van der Waals surface area contributed by atoms with E-state index in [2.05, 4.69) is 4.90 Å². The van der Waals surface area contributed by atoms with Gasteiger partial charge in [-0.3, -0.25) is 19.8 Å². The van der Waals surface area contributed by atoms with Crippen molar-refractivity contribution in [3.05, 3.63) is 57.0 Å². The molecule has 0 bridgehead atoms. The van der Waals surface area contributed by atoms with Gasteiger partial charge in [-0.2, -0.15) is 0 Å². The number of nitrogens with zero attached hydrogens (tertiary/aromatic N) is 2. The quantitative estimate of drug-likeness (QED) is 0.537. The topological polar surface area (TPSA) is 63.5 Å². The van der Waals surface area contributed by atoms with Crippen LogP contribution in [0.5, 0.6) is 0 Å². The van der Waals surface area contributed by atoms with Crippen LogP contribution in [0.15, 0.2) is 39.9 Å². The normalized spacial score (nSPS) is 19.0. The number of thioether (sulfide) groups is 1. The molecule has 2 aliphatic heterocycles. The summed E-state index contributed by atoms with van der Waals surface area (Å²) in [4.78, 5) is 25.1. The van der Waals surface area contributed by atoms with Crippen LogP contribution in [0.2, 0.25) is 0 Å². The molecule has 0 atom stereocenters. The third-order valence-corrected chi connectivity index (χ3v) is 7.68. The maximum atomic E-state index is 12.4. The van der Waals surface area contributed by atoms with E-state index in [1.165, 1.54) is 4.21 Å². The van der Waals surface area contributed by atoms with Crippen molar-refractivity contribution in [1.29, 1.82) is 0 Å². The maximum absolute atomic E-state index is 12.4. The molecular weight excluding hydrogens is 392 g/mol. The Kier molecular flexibility index (Phi) is 5.72. The number of carbonyl (C=O) groups is 1. The second-order valence-corrected chi connectivity index (χ2v) is 9.36. The second kappa shape index (κ2) is 7.68. The summed E-state index contributed by atoms with van der Waals surface area (Å²) in [7, 11) is 0. The highest BCUT2D eigenvalue weighted by molar-refractivity contribution is 8.02. The van der Waals surface area contributed by atoms with E-state index in [0.717, 1.165) is 43.6 Å². The van der Waals surface area contributed by atoms with E-state index in [0.29, 0.717) is 12.2 Å². The number of carbonyl (C=O) groups excluding carboxylic acids is 1. The fourth-order valence-electron chi connectivity index (χ4n) is 3.58. The van der Waals surface area contributed by atoms with Crippen molar-refractivity contribution in [3.63, 3.8) is 0 Å². The molecule has 1 saturated heterocycles. The molecule has 0 amide bonds. The number of hydrogen-bond acceptors (Lipinski definition) is 6. The molecule has 1 aromatic carbocycles. The van der Waals surface area contributed by atoms with Crippen LogP contribution in [-0.4, -0.2) is 33.4 Å². The number of non-ortho nitro benzene ring substituents is 1. The summed E-state index contributed by atoms with van der Waals surface area (Å²) in [6.45, 7) is 2.72. The van der Waals surface area contributed by atoms with Crippen molar-refractivity contribution in [2.24, 2.45) is 0 Å². The van der Waals surface area contributed by atoms with Crippen molar-refractivity contribution >= 4 is 47.0 Å². The minimum Gasteiger partial charge on any atom is -0.299 e. The molecule has 8 heteroatoms. The maximum Gasteiger partial charge on any atom is 0.269 e. The molecule has 5 nitrogen and oxygen atoms in total. The van der Waals surface area contributed by atoms with Crippen LogP contribution in [0.4, 0.5) is 5.69 Å². The van der Waals surface area contributed by atoms with Crippen LogP contribution in [-0.2, 0) is 6.54 Å². The summed E-state index contributed by atoms with van der Waals surface area (Å²) in [5.41, 5.74) is 2.13. The zero-order chi connectivity index (χ0) is 17.4. The first-order valence-electron chi connectivity index (χ1n) is 8.30. The highest BCUT2D eigenvalue weighted by atomic mass is 35.5. The first-order valence-corrected chi connectivity index (χ1v) is 10.00. The minimum absolute atomic E-state index is 0. The molecule has 26 heavy (non-hydrogen) atoms. The monoisotopic (exact) mass is 410 g/mol. The zero-order valence-electron chi connectivity index (χ0n) is 14.1. The second-order valence-electron chi connectivity index (χ2n) is 6.71. The Morgan fingerprint density at radius 3 is 2.50 bits per heavy atom. The fraction of sp³-hybridized carbons (Fsp3) is 0.389. The van der Waals surface area contributed by atoms with Gasteiger partial charge in [0.25, 0.3) is 5.69 Å². The fourth-order valence-corrected chi connectivity index (χ4v) is 6.38. The Balaban J connectivity index is 0.00000196. The van der Waals surface area contributed by atoms with Gasteiger partial charge >= 0.3 is 0 Å². The van der Waals surface area contributed by atoms with Gasteiger partial charge in [0.2, 0.25) is 0 Å². The van der Waals surface area contributed by atoms with Gasteiger partial charge in [0, 0.05) is 35.4 Å². The van der Waals surface area contributed by atoms with Crippen molar-refractivity contribution < 1.29 is 9.72 Å². The number of thiophene rings is 1. The van der Waals surface area contributed by atoms with Crippen LogP contribution in [0.3, 0.4) is 0 Å². The van der Waals surface area contributed by atoms with Gasteiger partial charge in [-0.05, 0) is 42.9 Å². The van der Waals surface area contributed by atoms with E-state index in [-0.39, 0.29) is 27.8 Å². The summed E-state index contributed by atoms with van der Waals surface area (Å²) in [6.07, 6.45) is 2.66. The molecule has 0 radical (unpaired) electrons. The lowest BCUT2D eigenvalue weighted by Gasteiger charge is -2.42. The molecule has 4 rings (SSSR count). The number of ketones is 1. The van der Waals surface area contributed by atoms with E-state index in [4.69, 9.17) is 0 Å². The Labute approximate surface area is 166 Å². The summed E-state index contributed by atoms with van der Waals surface area (Å²) < 4.78 is 1.24. The summed E-state index contributed by atoms with van der Waals surface area (Å²) in [5.74, 6) is 0.291. The third kappa shape index (κ3) is 3.81. The number of halogens is 1. The molecule has 2 aromatic rings. The Bertz CT molecular complexity index is 814. The molecule has 1 fully saturated rings. The van der Waals surface area contributed by atoms with Crippen molar-refractivity contribution in [2.45, 2.75) is 34.8 Å². The number of nitro groups is 1. The number of hydrogen-bond donors (Lipinski definition) is 0. The average Bonchev–Trinajstić information content (AvgIpc) is 3.06. The smallest absolute Gasteiger partial charge is 0.269 e. The largest absolute Gasteiger partial charge is 0.299 e. The van der Waals surface area contributed by atoms with Crippen molar-refractivity contribution in [2.75, 3.05) is 13.1 Å². The SMILES string of the molecule is Cl.O=C1CC2(CCN(Cc3ccc([N+](=O)[O-])cc3)CC2)Sc2sccc21. The Hall–Kier alpha value is -1.41. The molecule has 1 spiro atoms. The number of Topliss-reactive ketones (excluding diaryl/α,β-unsaturated/α-hetero) is 1. The summed E-state index contributed by atoms with van der Waals surface area (Å²) in [6, 6.07) is 8.74. The number of nitro benzene ring substituents is 1. The van der Waals surface area contributed by atoms with Gasteiger partial charge in [-0.25, -0.2) is 0 Å². The lowest BCUT2D eigenvalue weighted by Crippen LogP contribution is -2.44. The molecule has 2 aliphatic rings. The van der Waals surface area contributed by atoms with E-state index < -0.39 is 0 Å². The van der Waals surface area contributed by atoms with Crippen molar-refractivity contribution in [3.8, 4) is 0 Å². The van der Waals surface area contributed by atoms with Crippen LogP contribution < -0.4 is 0 Å². The van der Waals surface area contributed by atoms with Crippen LogP contribution >= 0.6 is 35.5 Å². The number of rotatable bonds is 3. The van der Waals surface area contributed by atoms with Gasteiger partial charge in [-0.1, -0.05) is 12.1 Å². The van der Waals surface area contributed by atoms with E-state index in [1.807, 2.05) is 35.3 Å². The number of fused-ring (bicyclic) bond motifs is 1. The predicted molar refractivity (Wildman–Crippen MR) is 107 cm³/mol. The molecular formula is C18H19ClN2O3S2. The van der Waals surface area contributed by atoms with Crippen LogP contribution in [0.25, 0.3) is 0 Å². The molecule has 1 aromatic heterocycles. The van der Waals surface area contributed by atoms with Gasteiger partial charge in [-0.15, -0.1) is 35.5 Å². The molecule has 0 aliphatic carbocycles. The van der Waals surface area contributed by atoms with E-state index in [1.54, 1.807) is 23.5 Å². The number of piperidine rings is 1. The van der Waals surface area contributed by atoms with Gasteiger partial charge in [0.15, 0.2) is 5.78 Å². The van der Waals surface area contributed by atoms with Gasteiger partial charge in [0.1, 0.15) is 0 Å². The van der Waals surface area contributed by atoms with E-state index in [9.17, 15) is 14.9 Å². The Morgan fingerprint density at radius 2 is 1.85 bits per heavy atom. The Morgan fingerprint density at radius 1 is 1.15 bits per heavy atom. The number of benzene rings is 1. The molecule has 0 unspecified atom stereocenters. The highest BCUT2D eigenvalue weighted by Crippen LogP contribution is 2.50. The minimum atomic E-state index is -0.370. The lowest BCUT2D eigenvalue weighted by atomic mass is 9.88. The first kappa shape index (κ1) is 19.4. The van der Waals surface area contributed by atoms with E-state index >= 15 is 0 Å². The molecule has 3 heterocycles. The van der Waals surface area contributed by atoms with Gasteiger partial charge < -0.3 is 0 Å². The first-order chi connectivity index (χ1) is 12.0. The molecule has 0 saturated carbocycles. The zero-order valence-corrected chi connectivity index (χ0v) is 16.5.